The predicted octanol–water partition coefficient (Wildman–Crippen LogP) is 2.62. The molecule has 0 unspecified atom stereocenters. The van der Waals surface area contributed by atoms with Crippen LogP contribution in [0.4, 0.5) is 4.39 Å². The van der Waals surface area contributed by atoms with Gasteiger partial charge in [0.1, 0.15) is 5.03 Å². The van der Waals surface area contributed by atoms with Crippen LogP contribution in [0.25, 0.3) is 0 Å². The van der Waals surface area contributed by atoms with E-state index in [1.165, 1.54) is 0 Å². The molecule has 0 saturated heterocycles. The molecule has 2 N–H and O–H groups in total. The van der Waals surface area contributed by atoms with Gasteiger partial charge in [-0.25, -0.2) is 4.99 Å². The summed E-state index contributed by atoms with van der Waals surface area (Å²) in [6.45, 7) is 4.00. The fourth-order valence-electron chi connectivity index (χ4n) is 0.610. The minimum Gasteiger partial charge on any atom is -0.272 e. The number of rotatable bonds is 1. The van der Waals surface area contributed by atoms with E-state index in [2.05, 4.69) is 4.99 Å². The molecule has 0 bridgehead atoms. The molecule has 64 valence electrons. The number of nitrogens with zero attached hydrogens (tertiary/aromatic N) is 1. The SMILES string of the molecule is CC.NSC1=CCCC(F)=N1. The lowest BCUT2D eigenvalue weighted by molar-refractivity contribution is 0.750. The Bertz CT molecular complexity index is 166. The summed E-state index contributed by atoms with van der Waals surface area (Å²) in [5.41, 5.74) is 0. The van der Waals surface area contributed by atoms with E-state index in [0.29, 0.717) is 11.4 Å². The molecule has 11 heavy (non-hydrogen) atoms. The second kappa shape index (κ2) is 6.37. The van der Waals surface area contributed by atoms with E-state index in [1.807, 2.05) is 19.9 Å². The van der Waals surface area contributed by atoms with Crippen LogP contribution in [0.2, 0.25) is 0 Å². The summed E-state index contributed by atoms with van der Waals surface area (Å²) in [5.74, 6) is -0.314. The lowest BCUT2D eigenvalue weighted by atomic mass is 10.3. The van der Waals surface area contributed by atoms with Gasteiger partial charge in [0.2, 0.25) is 0 Å². The second-order valence-corrected chi connectivity index (χ2v) is 2.34. The zero-order valence-corrected chi connectivity index (χ0v) is 7.62. The third-order valence-electron chi connectivity index (χ3n) is 1.02. The van der Waals surface area contributed by atoms with Crippen LogP contribution in [0.5, 0.6) is 0 Å². The summed E-state index contributed by atoms with van der Waals surface area (Å²) < 4.78 is 12.3. The monoisotopic (exact) mass is 176 g/mol. The molecule has 0 aromatic rings. The summed E-state index contributed by atoms with van der Waals surface area (Å²) >= 11 is 0.983. The van der Waals surface area contributed by atoms with E-state index in [-0.39, 0.29) is 5.97 Å². The number of nitrogens with two attached hydrogens (primary N) is 1. The van der Waals surface area contributed by atoms with Crippen LogP contribution in [-0.4, -0.2) is 5.97 Å². The van der Waals surface area contributed by atoms with Crippen LogP contribution >= 0.6 is 11.9 Å². The zero-order valence-electron chi connectivity index (χ0n) is 6.80. The van der Waals surface area contributed by atoms with Gasteiger partial charge in [-0.2, -0.15) is 4.39 Å². The first-order valence-electron chi connectivity index (χ1n) is 3.63. The smallest absolute Gasteiger partial charge is 0.190 e. The Hall–Kier alpha value is -0.350. The van der Waals surface area contributed by atoms with Crippen molar-refractivity contribution in [1.82, 2.24) is 0 Å². The van der Waals surface area contributed by atoms with E-state index in [0.717, 1.165) is 18.4 Å². The molecular weight excluding hydrogens is 163 g/mol. The molecule has 0 fully saturated rings. The second-order valence-electron chi connectivity index (χ2n) is 1.69. The maximum atomic E-state index is 12.3. The van der Waals surface area contributed by atoms with Gasteiger partial charge in [0.05, 0.1) is 0 Å². The number of allylic oxidation sites excluding steroid dienone is 1. The third kappa shape index (κ3) is 4.16. The fourth-order valence-corrected chi connectivity index (χ4v) is 0.976. The third-order valence-corrected chi connectivity index (χ3v) is 1.52. The number of aliphatic imine (C=N–C) groups is 1. The summed E-state index contributed by atoms with van der Waals surface area (Å²) in [6.07, 6.45) is 2.96. The highest BCUT2D eigenvalue weighted by Gasteiger charge is 2.03. The molecule has 0 saturated carbocycles. The highest BCUT2D eigenvalue weighted by Crippen LogP contribution is 2.17. The topological polar surface area (TPSA) is 38.4 Å². The van der Waals surface area contributed by atoms with Crippen molar-refractivity contribution >= 4 is 17.9 Å². The van der Waals surface area contributed by atoms with Gasteiger partial charge in [-0.05, 0) is 18.4 Å². The van der Waals surface area contributed by atoms with Crippen LogP contribution in [0, 0.1) is 0 Å². The highest BCUT2D eigenvalue weighted by atomic mass is 32.2. The van der Waals surface area contributed by atoms with Gasteiger partial charge in [0, 0.05) is 6.42 Å². The molecule has 0 aromatic carbocycles. The van der Waals surface area contributed by atoms with Crippen molar-refractivity contribution in [2.75, 3.05) is 0 Å². The van der Waals surface area contributed by atoms with Crippen LogP contribution in [0.1, 0.15) is 26.7 Å². The van der Waals surface area contributed by atoms with E-state index in [4.69, 9.17) is 5.14 Å². The molecule has 1 heterocycles. The Balaban J connectivity index is 0.000000461. The summed E-state index contributed by atoms with van der Waals surface area (Å²) in [6, 6.07) is 0. The first-order chi connectivity index (χ1) is 5.33. The molecular formula is C7H13FN2S. The quantitative estimate of drug-likeness (QED) is 0.624. The molecule has 4 heteroatoms. The van der Waals surface area contributed by atoms with Crippen molar-refractivity contribution in [3.05, 3.63) is 11.1 Å². The van der Waals surface area contributed by atoms with Gasteiger partial charge in [-0.1, -0.05) is 19.9 Å². The van der Waals surface area contributed by atoms with Crippen LogP contribution < -0.4 is 5.14 Å². The first kappa shape index (κ1) is 10.7. The Labute approximate surface area is 70.9 Å². The zero-order chi connectivity index (χ0) is 8.69. The number of hydrogen-bond donors (Lipinski definition) is 1. The molecule has 0 atom stereocenters. The average Bonchev–Trinajstić information content (AvgIpc) is 2.08. The van der Waals surface area contributed by atoms with Gasteiger partial charge >= 0.3 is 0 Å². The Morgan fingerprint density at radius 3 is 2.64 bits per heavy atom. The first-order valence-corrected chi connectivity index (χ1v) is 4.51. The van der Waals surface area contributed by atoms with Gasteiger partial charge < -0.3 is 0 Å². The van der Waals surface area contributed by atoms with Gasteiger partial charge in [0.25, 0.3) is 0 Å². The van der Waals surface area contributed by atoms with Gasteiger partial charge in [-0.3, -0.25) is 5.14 Å². The molecule has 0 spiro atoms. The maximum absolute atomic E-state index is 12.3. The molecule has 0 radical (unpaired) electrons. The van der Waals surface area contributed by atoms with E-state index in [9.17, 15) is 4.39 Å². The van der Waals surface area contributed by atoms with Crippen molar-refractivity contribution in [2.45, 2.75) is 26.7 Å². The summed E-state index contributed by atoms with van der Waals surface area (Å²) in [4.78, 5) is 3.55. The molecule has 0 aliphatic carbocycles. The molecule has 1 rings (SSSR count). The van der Waals surface area contributed by atoms with Crippen LogP contribution in [0.3, 0.4) is 0 Å². The number of halogens is 1. The minimum atomic E-state index is -0.314. The normalized spacial score (nSPS) is 16.0. The average molecular weight is 176 g/mol. The van der Waals surface area contributed by atoms with Crippen molar-refractivity contribution in [1.29, 1.82) is 0 Å². The Kier molecular flexibility index (Phi) is 6.16. The van der Waals surface area contributed by atoms with Crippen molar-refractivity contribution in [3.8, 4) is 0 Å². The van der Waals surface area contributed by atoms with Gasteiger partial charge in [-0.15, -0.1) is 0 Å². The Morgan fingerprint density at radius 1 is 1.64 bits per heavy atom. The summed E-state index contributed by atoms with van der Waals surface area (Å²) in [7, 11) is 0. The minimum absolute atomic E-state index is 0.314. The summed E-state index contributed by atoms with van der Waals surface area (Å²) in [5, 5.41) is 5.72. The predicted molar refractivity (Wildman–Crippen MR) is 49.0 cm³/mol. The standard InChI is InChI=1S/C5H7FN2S.C2H6/c6-4-2-1-3-5(8-4)9-7;1-2/h3H,1-2,7H2;1-2H3. The lowest BCUT2D eigenvalue weighted by Crippen LogP contribution is -1.95. The highest BCUT2D eigenvalue weighted by molar-refractivity contribution is 8.00. The molecule has 2 nitrogen and oxygen atoms in total. The Morgan fingerprint density at radius 2 is 2.27 bits per heavy atom. The van der Waals surface area contributed by atoms with E-state index >= 15 is 0 Å². The fraction of sp³-hybridized carbons (Fsp3) is 0.571. The van der Waals surface area contributed by atoms with Crippen LogP contribution in [0.15, 0.2) is 16.1 Å². The molecule has 0 aromatic heterocycles. The van der Waals surface area contributed by atoms with Crippen LogP contribution in [-0.2, 0) is 0 Å². The van der Waals surface area contributed by atoms with Gasteiger partial charge in [0.15, 0.2) is 5.97 Å². The molecule has 1 aliphatic heterocycles. The van der Waals surface area contributed by atoms with Crippen molar-refractivity contribution < 1.29 is 4.39 Å². The maximum Gasteiger partial charge on any atom is 0.190 e. The van der Waals surface area contributed by atoms with E-state index < -0.39 is 0 Å². The lowest BCUT2D eigenvalue weighted by Gasteiger charge is -2.02. The van der Waals surface area contributed by atoms with Crippen molar-refractivity contribution in [2.24, 2.45) is 10.1 Å². The van der Waals surface area contributed by atoms with E-state index in [1.54, 1.807) is 0 Å². The van der Waals surface area contributed by atoms with Crippen molar-refractivity contribution in [3.63, 3.8) is 0 Å². The molecule has 0 amide bonds. The number of hydrogen-bond acceptors (Lipinski definition) is 3. The molecule has 1 aliphatic rings. The largest absolute Gasteiger partial charge is 0.272 e.